The third-order valence-corrected chi connectivity index (χ3v) is 2.46. The van der Waals surface area contributed by atoms with Crippen molar-refractivity contribution in [3.63, 3.8) is 0 Å². The second kappa shape index (κ2) is 4.25. The van der Waals surface area contributed by atoms with Crippen LogP contribution in [0, 0.1) is 12.3 Å². The summed E-state index contributed by atoms with van der Waals surface area (Å²) in [6.07, 6.45) is -0.881. The van der Waals surface area contributed by atoms with Crippen LogP contribution in [0.5, 0.6) is 0 Å². The lowest BCUT2D eigenvalue weighted by atomic mass is 10.1. The number of rotatable bonds is 1. The zero-order valence-electron chi connectivity index (χ0n) is 7.35. The summed E-state index contributed by atoms with van der Waals surface area (Å²) in [6, 6.07) is 3.37. The van der Waals surface area contributed by atoms with E-state index < -0.39 is 17.8 Å². The standard InChI is InChI=1S/C10H6BrF3O/c1-2-9(15)6-3-4-8(11)7(5-6)10(12,13)14/h1,3-5,9,15H. The second-order valence-electron chi connectivity index (χ2n) is 2.81. The lowest BCUT2D eigenvalue weighted by Crippen LogP contribution is -2.07. The van der Waals surface area contributed by atoms with Gasteiger partial charge in [0.2, 0.25) is 0 Å². The van der Waals surface area contributed by atoms with Crippen LogP contribution < -0.4 is 0 Å². The molecule has 0 bridgehead atoms. The van der Waals surface area contributed by atoms with Crippen LogP contribution in [0.4, 0.5) is 13.2 Å². The molecule has 1 nitrogen and oxygen atoms in total. The highest BCUT2D eigenvalue weighted by Gasteiger charge is 2.33. The van der Waals surface area contributed by atoms with Crippen molar-refractivity contribution in [2.24, 2.45) is 0 Å². The van der Waals surface area contributed by atoms with Crippen LogP contribution in [0.3, 0.4) is 0 Å². The van der Waals surface area contributed by atoms with Gasteiger partial charge in [-0.05, 0) is 17.7 Å². The molecule has 80 valence electrons. The molecule has 0 amide bonds. The minimum Gasteiger partial charge on any atom is -0.376 e. The van der Waals surface area contributed by atoms with Crippen LogP contribution in [0.2, 0.25) is 0 Å². The predicted octanol–water partition coefficient (Wildman–Crippen LogP) is 3.13. The third kappa shape index (κ3) is 2.74. The van der Waals surface area contributed by atoms with E-state index in [0.29, 0.717) is 0 Å². The molecule has 0 aliphatic carbocycles. The average Bonchev–Trinajstić information content (AvgIpc) is 2.15. The first-order valence-corrected chi connectivity index (χ1v) is 4.66. The highest BCUT2D eigenvalue weighted by Crippen LogP contribution is 2.36. The molecule has 0 fully saturated rings. The summed E-state index contributed by atoms with van der Waals surface area (Å²) in [5, 5.41) is 9.19. The smallest absolute Gasteiger partial charge is 0.376 e. The summed E-state index contributed by atoms with van der Waals surface area (Å²) in [6.45, 7) is 0. The van der Waals surface area contributed by atoms with E-state index in [9.17, 15) is 18.3 Å². The van der Waals surface area contributed by atoms with Crippen LogP contribution >= 0.6 is 15.9 Å². The molecule has 0 aromatic heterocycles. The Morgan fingerprint density at radius 2 is 2.00 bits per heavy atom. The predicted molar refractivity (Wildman–Crippen MR) is 52.9 cm³/mol. The van der Waals surface area contributed by atoms with E-state index in [-0.39, 0.29) is 10.0 Å². The van der Waals surface area contributed by atoms with Crippen LogP contribution in [-0.4, -0.2) is 5.11 Å². The number of alkyl halides is 3. The number of terminal acetylenes is 1. The molecule has 0 aliphatic rings. The quantitative estimate of drug-likeness (QED) is 0.783. The summed E-state index contributed by atoms with van der Waals surface area (Å²) in [4.78, 5) is 0. The molecule has 1 unspecified atom stereocenters. The van der Waals surface area contributed by atoms with Gasteiger partial charge in [-0.25, -0.2) is 0 Å². The number of aliphatic hydroxyl groups is 1. The molecular formula is C10H6BrF3O. The molecule has 5 heteroatoms. The Morgan fingerprint density at radius 1 is 1.40 bits per heavy atom. The Bertz CT molecular complexity index is 406. The zero-order valence-corrected chi connectivity index (χ0v) is 8.93. The number of hydrogen-bond donors (Lipinski definition) is 1. The van der Waals surface area contributed by atoms with Crippen LogP contribution in [0.1, 0.15) is 17.2 Å². The first-order chi connectivity index (χ1) is 6.86. The molecule has 1 aromatic rings. The van der Waals surface area contributed by atoms with Gasteiger partial charge in [-0.15, -0.1) is 6.42 Å². The Kier molecular flexibility index (Phi) is 3.42. The summed E-state index contributed by atoms with van der Waals surface area (Å²) >= 11 is 2.78. The van der Waals surface area contributed by atoms with Gasteiger partial charge in [0.15, 0.2) is 0 Å². The molecule has 0 saturated carbocycles. The van der Waals surface area contributed by atoms with Crippen molar-refractivity contribution in [3.8, 4) is 12.3 Å². The maximum Gasteiger partial charge on any atom is 0.417 e. The molecular weight excluding hydrogens is 273 g/mol. The Balaban J connectivity index is 3.24. The minimum atomic E-state index is -4.47. The van der Waals surface area contributed by atoms with Crippen molar-refractivity contribution in [2.75, 3.05) is 0 Å². The van der Waals surface area contributed by atoms with Gasteiger partial charge in [0.25, 0.3) is 0 Å². The van der Waals surface area contributed by atoms with E-state index >= 15 is 0 Å². The van der Waals surface area contributed by atoms with E-state index in [0.717, 1.165) is 6.07 Å². The van der Waals surface area contributed by atoms with Crippen molar-refractivity contribution in [1.82, 2.24) is 0 Å². The first kappa shape index (κ1) is 12.1. The van der Waals surface area contributed by atoms with Crippen molar-refractivity contribution >= 4 is 15.9 Å². The SMILES string of the molecule is C#CC(O)c1ccc(Br)c(C(F)(F)F)c1. The molecule has 0 heterocycles. The minimum absolute atomic E-state index is 0.0491. The molecule has 0 spiro atoms. The van der Waals surface area contributed by atoms with E-state index in [4.69, 9.17) is 6.42 Å². The van der Waals surface area contributed by atoms with Gasteiger partial charge in [0.05, 0.1) is 5.56 Å². The highest BCUT2D eigenvalue weighted by molar-refractivity contribution is 9.10. The number of benzene rings is 1. The number of hydrogen-bond acceptors (Lipinski definition) is 1. The van der Waals surface area contributed by atoms with Gasteiger partial charge in [0.1, 0.15) is 6.10 Å². The third-order valence-electron chi connectivity index (χ3n) is 1.77. The van der Waals surface area contributed by atoms with Crippen molar-refractivity contribution in [3.05, 3.63) is 33.8 Å². The first-order valence-electron chi connectivity index (χ1n) is 3.87. The molecule has 0 saturated heterocycles. The van der Waals surface area contributed by atoms with Gasteiger partial charge >= 0.3 is 6.18 Å². The molecule has 0 aliphatic heterocycles. The molecule has 1 atom stereocenters. The van der Waals surface area contributed by atoms with E-state index in [2.05, 4.69) is 15.9 Å². The maximum atomic E-state index is 12.4. The summed E-state index contributed by atoms with van der Waals surface area (Å²) < 4.78 is 37.2. The zero-order chi connectivity index (χ0) is 11.6. The topological polar surface area (TPSA) is 20.2 Å². The van der Waals surface area contributed by atoms with Gasteiger partial charge in [-0.1, -0.05) is 27.9 Å². The summed E-state index contributed by atoms with van der Waals surface area (Å²) in [5.74, 6) is 1.95. The van der Waals surface area contributed by atoms with Gasteiger partial charge < -0.3 is 5.11 Å². The normalized spacial score (nSPS) is 13.3. The van der Waals surface area contributed by atoms with Crippen LogP contribution in [0.25, 0.3) is 0 Å². The molecule has 0 radical (unpaired) electrons. The largest absolute Gasteiger partial charge is 0.417 e. The van der Waals surface area contributed by atoms with E-state index in [1.807, 2.05) is 5.92 Å². The maximum absolute atomic E-state index is 12.4. The van der Waals surface area contributed by atoms with Crippen molar-refractivity contribution in [2.45, 2.75) is 12.3 Å². The average molecular weight is 279 g/mol. The van der Waals surface area contributed by atoms with Crippen LogP contribution in [0.15, 0.2) is 22.7 Å². The Labute approximate surface area is 93.0 Å². The van der Waals surface area contributed by atoms with Gasteiger partial charge in [-0.3, -0.25) is 0 Å². The van der Waals surface area contributed by atoms with Gasteiger partial charge in [-0.2, -0.15) is 13.2 Å². The molecule has 1 rings (SSSR count). The fraction of sp³-hybridized carbons (Fsp3) is 0.200. The second-order valence-corrected chi connectivity index (χ2v) is 3.66. The monoisotopic (exact) mass is 278 g/mol. The van der Waals surface area contributed by atoms with Crippen molar-refractivity contribution in [1.29, 1.82) is 0 Å². The lowest BCUT2D eigenvalue weighted by molar-refractivity contribution is -0.138. The fourth-order valence-corrected chi connectivity index (χ4v) is 1.50. The number of halogens is 4. The molecule has 15 heavy (non-hydrogen) atoms. The van der Waals surface area contributed by atoms with Crippen molar-refractivity contribution < 1.29 is 18.3 Å². The highest BCUT2D eigenvalue weighted by atomic mass is 79.9. The number of aliphatic hydroxyl groups excluding tert-OH is 1. The van der Waals surface area contributed by atoms with Gasteiger partial charge in [0, 0.05) is 4.47 Å². The summed E-state index contributed by atoms with van der Waals surface area (Å²) in [5.41, 5.74) is -0.803. The molecule has 1 N–H and O–H groups in total. The Hall–Kier alpha value is -0.990. The van der Waals surface area contributed by atoms with E-state index in [1.165, 1.54) is 12.1 Å². The summed E-state index contributed by atoms with van der Waals surface area (Å²) in [7, 11) is 0. The van der Waals surface area contributed by atoms with E-state index in [1.54, 1.807) is 0 Å². The lowest BCUT2D eigenvalue weighted by Gasteiger charge is -2.11. The Morgan fingerprint density at radius 3 is 2.47 bits per heavy atom. The fourth-order valence-electron chi connectivity index (χ4n) is 1.03. The van der Waals surface area contributed by atoms with Crippen LogP contribution in [-0.2, 0) is 6.18 Å². The molecule has 1 aromatic carbocycles.